The molecule has 2 aromatic rings. The first-order chi connectivity index (χ1) is 20.8. The van der Waals surface area contributed by atoms with Crippen molar-refractivity contribution < 1.29 is 49.8 Å². The molecule has 0 aliphatic carbocycles. The van der Waals surface area contributed by atoms with Crippen LogP contribution < -0.4 is 10.6 Å². The molecule has 4 atom stereocenters. The minimum Gasteiger partial charge on any atom is -0.504 e. The highest BCUT2D eigenvalue weighted by Crippen LogP contribution is 2.47. The Balaban J connectivity index is 1.44. The number of carboxylic acids is 1. The second kappa shape index (κ2) is 13.2. The largest absolute Gasteiger partial charge is 0.504 e. The van der Waals surface area contributed by atoms with E-state index in [0.29, 0.717) is 18.5 Å². The van der Waals surface area contributed by atoms with Gasteiger partial charge < -0.3 is 46.2 Å². The van der Waals surface area contributed by atoms with Crippen LogP contribution in [0, 0.1) is 11.8 Å². The second-order valence-corrected chi connectivity index (χ2v) is 11.0. The lowest BCUT2D eigenvalue weighted by Crippen LogP contribution is -2.63. The van der Waals surface area contributed by atoms with E-state index in [1.807, 2.05) is 11.8 Å². The van der Waals surface area contributed by atoms with E-state index in [2.05, 4.69) is 10.6 Å². The van der Waals surface area contributed by atoms with Gasteiger partial charge in [-0.05, 0) is 55.3 Å². The number of aromatic hydroxyl groups is 4. The van der Waals surface area contributed by atoms with Crippen molar-refractivity contribution in [3.8, 4) is 23.0 Å². The van der Waals surface area contributed by atoms with Gasteiger partial charge >= 0.3 is 5.97 Å². The summed E-state index contributed by atoms with van der Waals surface area (Å²) in [7, 11) is 0. The fraction of sp³-hybridized carbons (Fsp3) is 0.400. The normalized spacial score (nSPS) is 19.9. The van der Waals surface area contributed by atoms with Crippen LogP contribution in [0.4, 0.5) is 0 Å². The lowest BCUT2D eigenvalue weighted by Gasteiger charge is -2.46. The van der Waals surface area contributed by atoms with Crippen molar-refractivity contribution >= 4 is 23.7 Å². The zero-order chi connectivity index (χ0) is 32.3. The number of hydrogen-bond donors (Lipinski definition) is 8. The van der Waals surface area contributed by atoms with Gasteiger partial charge in [0.1, 0.15) is 5.70 Å². The lowest BCUT2D eigenvalue weighted by atomic mass is 9.77. The average Bonchev–Trinajstić information content (AvgIpc) is 3.20. The number of hydrogen-bond acceptors (Lipinski definition) is 10. The van der Waals surface area contributed by atoms with E-state index in [9.17, 15) is 49.8 Å². The number of phenolic OH excluding ortho intramolecular Hbond substituents is 4. The molecule has 0 radical (unpaired) electrons. The highest BCUT2D eigenvalue weighted by Gasteiger charge is 2.59. The number of aliphatic hydroxyl groups excluding tert-OH is 1. The van der Waals surface area contributed by atoms with E-state index in [-0.39, 0.29) is 60.4 Å². The maximum atomic E-state index is 12.7. The minimum atomic E-state index is -1.25. The fourth-order valence-corrected chi connectivity index (χ4v) is 5.73. The number of aliphatic hydroxyl groups is 1. The van der Waals surface area contributed by atoms with Crippen molar-refractivity contribution in [2.24, 2.45) is 11.8 Å². The van der Waals surface area contributed by atoms with Crippen LogP contribution >= 0.6 is 0 Å². The molecule has 3 amide bonds. The van der Waals surface area contributed by atoms with Crippen LogP contribution in [0.25, 0.3) is 0 Å². The zero-order valence-corrected chi connectivity index (χ0v) is 24.2. The fourth-order valence-electron chi connectivity index (χ4n) is 5.73. The molecule has 4 rings (SSSR count). The Morgan fingerprint density at radius 2 is 1.43 bits per heavy atom. The molecule has 0 bridgehead atoms. The van der Waals surface area contributed by atoms with Gasteiger partial charge in [-0.25, -0.2) is 4.79 Å². The van der Waals surface area contributed by atoms with Crippen LogP contribution in [0.15, 0.2) is 47.7 Å². The van der Waals surface area contributed by atoms with Gasteiger partial charge in [0.15, 0.2) is 23.0 Å². The SMILES string of the molecule is C[C@@H](O)[C@H]1C(=O)N2C(C(=O)O)=C(CN(CCCNC(=O)c3ccc(O)c(O)c3)CCNC(=O)c3ccc(O)c(O)c3)[C@H](C)[C@H]12. The van der Waals surface area contributed by atoms with Gasteiger partial charge in [-0.3, -0.25) is 19.3 Å². The van der Waals surface area contributed by atoms with Crippen LogP contribution in [0.2, 0.25) is 0 Å². The monoisotopic (exact) mass is 612 g/mol. The first kappa shape index (κ1) is 32.1. The van der Waals surface area contributed by atoms with Crippen molar-refractivity contribution in [1.29, 1.82) is 0 Å². The number of carboxylic acid groups (broad SMARTS) is 1. The van der Waals surface area contributed by atoms with E-state index in [1.54, 1.807) is 0 Å². The molecule has 236 valence electrons. The molecule has 14 nitrogen and oxygen atoms in total. The smallest absolute Gasteiger partial charge is 0.352 e. The molecule has 2 aromatic carbocycles. The van der Waals surface area contributed by atoms with Crippen molar-refractivity contribution in [2.75, 3.05) is 32.7 Å². The summed E-state index contributed by atoms with van der Waals surface area (Å²) >= 11 is 0. The molecule has 1 saturated heterocycles. The number of nitrogens with one attached hydrogen (secondary N) is 2. The lowest BCUT2D eigenvalue weighted by molar-refractivity contribution is -0.163. The molecule has 0 saturated carbocycles. The second-order valence-electron chi connectivity index (χ2n) is 11.0. The third-order valence-corrected chi connectivity index (χ3v) is 8.04. The summed E-state index contributed by atoms with van der Waals surface area (Å²) < 4.78 is 0. The predicted molar refractivity (Wildman–Crippen MR) is 155 cm³/mol. The van der Waals surface area contributed by atoms with Gasteiger partial charge in [-0.1, -0.05) is 6.92 Å². The van der Waals surface area contributed by atoms with E-state index in [4.69, 9.17) is 0 Å². The third-order valence-electron chi connectivity index (χ3n) is 8.04. The van der Waals surface area contributed by atoms with Crippen LogP contribution in [0.5, 0.6) is 23.0 Å². The summed E-state index contributed by atoms with van der Waals surface area (Å²) in [5, 5.41) is 63.9. The number of rotatable bonds is 13. The van der Waals surface area contributed by atoms with E-state index in [0.717, 1.165) is 12.1 Å². The maximum Gasteiger partial charge on any atom is 0.352 e. The Hall–Kier alpha value is -4.82. The first-order valence-corrected chi connectivity index (χ1v) is 14.1. The molecular formula is C30H36N4O10. The molecular weight excluding hydrogens is 576 g/mol. The van der Waals surface area contributed by atoms with E-state index < -0.39 is 53.3 Å². The number of amides is 3. The summed E-state index contributed by atoms with van der Waals surface area (Å²) in [5.74, 6) is -5.31. The van der Waals surface area contributed by atoms with Gasteiger partial charge in [-0.15, -0.1) is 0 Å². The molecule has 2 aliphatic rings. The molecule has 8 N–H and O–H groups in total. The maximum absolute atomic E-state index is 12.7. The molecule has 0 aromatic heterocycles. The highest BCUT2D eigenvalue weighted by molar-refractivity contribution is 6.00. The molecule has 0 spiro atoms. The Morgan fingerprint density at radius 3 is 1.93 bits per heavy atom. The van der Waals surface area contributed by atoms with Crippen LogP contribution in [0.3, 0.4) is 0 Å². The number of benzene rings is 2. The summed E-state index contributed by atoms with van der Waals surface area (Å²) in [4.78, 5) is 53.2. The zero-order valence-electron chi connectivity index (χ0n) is 24.2. The van der Waals surface area contributed by atoms with Crippen LogP contribution in [-0.2, 0) is 9.59 Å². The molecule has 44 heavy (non-hydrogen) atoms. The Bertz CT molecular complexity index is 1490. The molecule has 0 unspecified atom stereocenters. The van der Waals surface area contributed by atoms with Crippen molar-refractivity contribution in [3.05, 3.63) is 58.8 Å². The number of aliphatic carboxylic acids is 1. The quantitative estimate of drug-likeness (QED) is 0.0887. The van der Waals surface area contributed by atoms with Gasteiger partial charge in [0.05, 0.1) is 18.1 Å². The summed E-state index contributed by atoms with van der Waals surface area (Å²) in [6.45, 7) is 4.43. The van der Waals surface area contributed by atoms with Crippen LogP contribution in [0.1, 0.15) is 41.0 Å². The van der Waals surface area contributed by atoms with Gasteiger partial charge in [0, 0.05) is 49.8 Å². The summed E-state index contributed by atoms with van der Waals surface area (Å²) in [5.41, 5.74) is 0.677. The number of β-lactam (4-membered cyclic amide) rings is 1. The van der Waals surface area contributed by atoms with Crippen molar-refractivity contribution in [2.45, 2.75) is 32.4 Å². The predicted octanol–water partition coefficient (Wildman–Crippen LogP) is 0.557. The van der Waals surface area contributed by atoms with Gasteiger partial charge in [0.25, 0.3) is 11.8 Å². The molecule has 2 aliphatic heterocycles. The number of carbonyl (C=O) groups is 4. The standard InChI is InChI=1S/C30H36N4O10/c1-15-19(26(30(43)44)34-25(15)24(16(2)35)29(34)42)14-33(11-9-32-28(41)18-5-7-21(37)23(39)13-18)10-3-8-31-27(40)17-4-6-20(36)22(38)12-17/h4-7,12-13,15-16,24-25,35-39H,3,8-11,14H2,1-2H3,(H,31,40)(H,32,41)(H,43,44)/t15-,16+,24+,25+/m0/s1. The Morgan fingerprint density at radius 1 is 0.886 bits per heavy atom. The Labute approximate surface area is 252 Å². The van der Waals surface area contributed by atoms with Crippen molar-refractivity contribution in [1.82, 2.24) is 20.4 Å². The number of carbonyl (C=O) groups excluding carboxylic acids is 3. The summed E-state index contributed by atoms with van der Waals surface area (Å²) in [6.07, 6.45) is -0.521. The number of phenols is 4. The van der Waals surface area contributed by atoms with Gasteiger partial charge in [0.2, 0.25) is 5.91 Å². The average molecular weight is 613 g/mol. The van der Waals surface area contributed by atoms with E-state index in [1.165, 1.54) is 36.1 Å². The first-order valence-electron chi connectivity index (χ1n) is 14.1. The van der Waals surface area contributed by atoms with Crippen LogP contribution in [-0.4, -0.2) is 109 Å². The number of nitrogens with zero attached hydrogens (tertiary/aromatic N) is 2. The van der Waals surface area contributed by atoms with Gasteiger partial charge in [-0.2, -0.15) is 0 Å². The molecule has 2 heterocycles. The highest BCUT2D eigenvalue weighted by atomic mass is 16.4. The van der Waals surface area contributed by atoms with Crippen molar-refractivity contribution in [3.63, 3.8) is 0 Å². The minimum absolute atomic E-state index is 0.113. The molecule has 1 fully saturated rings. The summed E-state index contributed by atoms with van der Waals surface area (Å²) in [6, 6.07) is 6.89. The Kier molecular flexibility index (Phi) is 9.65. The number of fused-ring (bicyclic) bond motifs is 1. The van der Waals surface area contributed by atoms with E-state index >= 15 is 0 Å². The molecule has 14 heteroatoms. The topological polar surface area (TPSA) is 220 Å². The third kappa shape index (κ3) is 6.55.